The highest BCUT2D eigenvalue weighted by atomic mass is 16.5. The normalized spacial score (nSPS) is 14.8. The van der Waals surface area contributed by atoms with Crippen molar-refractivity contribution in [1.82, 2.24) is 10.2 Å². The summed E-state index contributed by atoms with van der Waals surface area (Å²) in [5.74, 6) is 0.816. The third-order valence-electron chi connectivity index (χ3n) is 3.64. The van der Waals surface area contributed by atoms with Gasteiger partial charge < -0.3 is 15.0 Å². The average molecular weight is 304 g/mol. The first-order chi connectivity index (χ1) is 10.7. The molecule has 5 heteroatoms. The minimum absolute atomic E-state index is 0.0822. The highest BCUT2D eigenvalue weighted by Gasteiger charge is 2.20. The van der Waals surface area contributed by atoms with Crippen LogP contribution in [0.4, 0.5) is 0 Å². The number of carbonyl (C=O) groups excluding carboxylic acids is 2. The molecule has 0 spiro atoms. The number of nitrogens with zero attached hydrogens (tertiary/aromatic N) is 1. The van der Waals surface area contributed by atoms with Gasteiger partial charge in [-0.1, -0.05) is 19.1 Å². The molecule has 0 aromatic heterocycles. The highest BCUT2D eigenvalue weighted by Crippen LogP contribution is 2.12. The van der Waals surface area contributed by atoms with Crippen LogP contribution in [0.15, 0.2) is 24.3 Å². The van der Waals surface area contributed by atoms with Crippen LogP contribution >= 0.6 is 0 Å². The predicted octanol–water partition coefficient (Wildman–Crippen LogP) is 2.10. The lowest BCUT2D eigenvalue weighted by Crippen LogP contribution is -2.42. The van der Waals surface area contributed by atoms with E-state index in [1.807, 2.05) is 24.3 Å². The molecule has 1 aromatic rings. The Labute approximate surface area is 131 Å². The largest absolute Gasteiger partial charge is 0.494 e. The van der Waals surface area contributed by atoms with Gasteiger partial charge in [0.15, 0.2) is 0 Å². The van der Waals surface area contributed by atoms with Crippen LogP contribution < -0.4 is 10.1 Å². The maximum atomic E-state index is 11.9. The van der Waals surface area contributed by atoms with Crippen LogP contribution in [0.2, 0.25) is 0 Å². The molecular weight excluding hydrogens is 280 g/mol. The van der Waals surface area contributed by atoms with Gasteiger partial charge in [-0.15, -0.1) is 0 Å². The molecule has 1 aliphatic rings. The minimum atomic E-state index is -0.110. The second kappa shape index (κ2) is 8.41. The number of nitrogens with one attached hydrogen (secondary N) is 1. The Morgan fingerprint density at radius 2 is 2.05 bits per heavy atom. The zero-order valence-corrected chi connectivity index (χ0v) is 13.1. The van der Waals surface area contributed by atoms with E-state index in [1.54, 1.807) is 4.90 Å². The number of amides is 2. The zero-order chi connectivity index (χ0) is 15.8. The van der Waals surface area contributed by atoms with E-state index in [0.717, 1.165) is 30.6 Å². The van der Waals surface area contributed by atoms with E-state index < -0.39 is 0 Å². The van der Waals surface area contributed by atoms with Crippen molar-refractivity contribution in [2.45, 2.75) is 39.2 Å². The molecule has 1 saturated heterocycles. The van der Waals surface area contributed by atoms with Crippen molar-refractivity contribution in [2.75, 3.05) is 19.7 Å². The van der Waals surface area contributed by atoms with Crippen molar-refractivity contribution in [2.24, 2.45) is 0 Å². The van der Waals surface area contributed by atoms with E-state index in [9.17, 15) is 9.59 Å². The smallest absolute Gasteiger partial charge is 0.239 e. The molecule has 2 rings (SSSR count). The maximum absolute atomic E-state index is 11.9. The van der Waals surface area contributed by atoms with E-state index >= 15 is 0 Å². The van der Waals surface area contributed by atoms with Crippen LogP contribution in [0, 0.1) is 0 Å². The fraction of sp³-hybridized carbons (Fsp3) is 0.529. The second-order valence-corrected chi connectivity index (χ2v) is 5.54. The highest BCUT2D eigenvalue weighted by molar-refractivity contribution is 5.85. The molecule has 1 heterocycles. The standard InChI is InChI=1S/C17H24N2O3/c1-2-11-22-15-8-6-14(7-9-15)12-18-16(20)13-19-10-4-3-5-17(19)21/h6-9H,2-5,10-13H2,1H3,(H,18,20). The Morgan fingerprint density at radius 3 is 2.73 bits per heavy atom. The van der Waals surface area contributed by atoms with Crippen LogP contribution in [-0.4, -0.2) is 36.4 Å². The van der Waals surface area contributed by atoms with Crippen LogP contribution in [0.25, 0.3) is 0 Å². The SMILES string of the molecule is CCCOc1ccc(CNC(=O)CN2CCCCC2=O)cc1. The van der Waals surface area contributed by atoms with Crippen LogP contribution in [0.5, 0.6) is 5.75 Å². The summed E-state index contributed by atoms with van der Waals surface area (Å²) in [6.07, 6.45) is 3.46. The number of rotatable bonds is 7. The molecule has 0 bridgehead atoms. The maximum Gasteiger partial charge on any atom is 0.239 e. The topological polar surface area (TPSA) is 58.6 Å². The molecule has 1 aliphatic heterocycles. The summed E-state index contributed by atoms with van der Waals surface area (Å²) < 4.78 is 5.52. The molecular formula is C17H24N2O3. The van der Waals surface area contributed by atoms with Gasteiger partial charge in [-0.2, -0.15) is 0 Å². The minimum Gasteiger partial charge on any atom is -0.494 e. The molecule has 0 saturated carbocycles. The van der Waals surface area contributed by atoms with Crippen molar-refractivity contribution >= 4 is 11.8 Å². The van der Waals surface area contributed by atoms with Gasteiger partial charge in [0.1, 0.15) is 5.75 Å². The van der Waals surface area contributed by atoms with Gasteiger partial charge in [0, 0.05) is 19.5 Å². The third kappa shape index (κ3) is 5.06. The lowest BCUT2D eigenvalue weighted by atomic mass is 10.1. The third-order valence-corrected chi connectivity index (χ3v) is 3.64. The van der Waals surface area contributed by atoms with Gasteiger partial charge in [0.2, 0.25) is 11.8 Å². The van der Waals surface area contributed by atoms with Gasteiger partial charge in [0.25, 0.3) is 0 Å². The van der Waals surface area contributed by atoms with Crippen molar-refractivity contribution in [3.05, 3.63) is 29.8 Å². The van der Waals surface area contributed by atoms with E-state index in [4.69, 9.17) is 4.74 Å². The Kier molecular flexibility index (Phi) is 6.25. The Bertz CT molecular complexity index is 499. The number of piperidine rings is 1. The molecule has 1 aromatic carbocycles. The number of benzene rings is 1. The fourth-order valence-electron chi connectivity index (χ4n) is 2.38. The molecule has 0 atom stereocenters. The van der Waals surface area contributed by atoms with Gasteiger partial charge in [-0.05, 0) is 37.0 Å². The summed E-state index contributed by atoms with van der Waals surface area (Å²) in [7, 11) is 0. The zero-order valence-electron chi connectivity index (χ0n) is 13.1. The summed E-state index contributed by atoms with van der Waals surface area (Å²) in [6, 6.07) is 7.70. The van der Waals surface area contributed by atoms with Crippen LogP contribution in [-0.2, 0) is 16.1 Å². The van der Waals surface area contributed by atoms with E-state index in [0.29, 0.717) is 26.1 Å². The number of likely N-dealkylation sites (tertiary alicyclic amines) is 1. The summed E-state index contributed by atoms with van der Waals surface area (Å²) >= 11 is 0. The lowest BCUT2D eigenvalue weighted by Gasteiger charge is -2.25. The number of hydrogen-bond acceptors (Lipinski definition) is 3. The fourth-order valence-corrected chi connectivity index (χ4v) is 2.38. The van der Waals surface area contributed by atoms with Crippen molar-refractivity contribution < 1.29 is 14.3 Å². The molecule has 5 nitrogen and oxygen atoms in total. The first-order valence-corrected chi connectivity index (χ1v) is 7.95. The van der Waals surface area contributed by atoms with Crippen molar-refractivity contribution in [1.29, 1.82) is 0 Å². The molecule has 22 heavy (non-hydrogen) atoms. The summed E-state index contributed by atoms with van der Waals surface area (Å²) in [5, 5.41) is 2.86. The first kappa shape index (κ1) is 16.3. The monoisotopic (exact) mass is 304 g/mol. The summed E-state index contributed by atoms with van der Waals surface area (Å²) in [4.78, 5) is 25.2. The van der Waals surface area contributed by atoms with Gasteiger partial charge in [-0.3, -0.25) is 9.59 Å². The Hall–Kier alpha value is -2.04. The lowest BCUT2D eigenvalue weighted by molar-refractivity contribution is -0.137. The summed E-state index contributed by atoms with van der Waals surface area (Å²) in [6.45, 7) is 4.10. The number of hydrogen-bond donors (Lipinski definition) is 1. The quantitative estimate of drug-likeness (QED) is 0.839. The van der Waals surface area contributed by atoms with E-state index in [2.05, 4.69) is 12.2 Å². The van der Waals surface area contributed by atoms with E-state index in [1.165, 1.54) is 0 Å². The molecule has 120 valence electrons. The molecule has 2 amide bonds. The second-order valence-electron chi connectivity index (χ2n) is 5.54. The Morgan fingerprint density at radius 1 is 1.27 bits per heavy atom. The number of ether oxygens (including phenoxy) is 1. The van der Waals surface area contributed by atoms with Gasteiger partial charge >= 0.3 is 0 Å². The van der Waals surface area contributed by atoms with Gasteiger partial charge in [0.05, 0.1) is 13.2 Å². The molecule has 0 aliphatic carbocycles. The molecule has 0 unspecified atom stereocenters. The molecule has 0 radical (unpaired) electrons. The number of carbonyl (C=O) groups is 2. The van der Waals surface area contributed by atoms with Crippen molar-refractivity contribution in [3.63, 3.8) is 0 Å². The molecule has 1 fully saturated rings. The van der Waals surface area contributed by atoms with Crippen LogP contribution in [0.3, 0.4) is 0 Å². The predicted molar refractivity (Wildman–Crippen MR) is 84.5 cm³/mol. The van der Waals surface area contributed by atoms with Crippen LogP contribution in [0.1, 0.15) is 38.2 Å². The summed E-state index contributed by atoms with van der Waals surface area (Å²) in [5.41, 5.74) is 1.02. The average Bonchev–Trinajstić information content (AvgIpc) is 2.54. The Balaban J connectivity index is 1.74. The van der Waals surface area contributed by atoms with E-state index in [-0.39, 0.29) is 18.4 Å². The van der Waals surface area contributed by atoms with Gasteiger partial charge in [-0.25, -0.2) is 0 Å². The van der Waals surface area contributed by atoms with Crippen molar-refractivity contribution in [3.8, 4) is 5.75 Å². The molecule has 1 N–H and O–H groups in total. The first-order valence-electron chi connectivity index (χ1n) is 7.95.